The van der Waals surface area contributed by atoms with E-state index in [1.807, 2.05) is 6.20 Å². The minimum absolute atomic E-state index is 0.577. The van der Waals surface area contributed by atoms with Crippen LogP contribution in [0.25, 0.3) is 0 Å². The van der Waals surface area contributed by atoms with Crippen molar-refractivity contribution in [1.82, 2.24) is 15.6 Å². The number of hydrogen-bond acceptors (Lipinski definition) is 5. The van der Waals surface area contributed by atoms with Crippen LogP contribution in [0.3, 0.4) is 0 Å². The molecule has 0 aliphatic carbocycles. The third-order valence-electron chi connectivity index (χ3n) is 2.71. The summed E-state index contributed by atoms with van der Waals surface area (Å²) in [5, 5.41) is 3.32. The van der Waals surface area contributed by atoms with E-state index in [-0.39, 0.29) is 0 Å². The van der Waals surface area contributed by atoms with Crippen molar-refractivity contribution in [3.8, 4) is 0 Å². The monoisotopic (exact) mass is 272 g/mol. The molecule has 1 fully saturated rings. The van der Waals surface area contributed by atoms with Gasteiger partial charge in [0.1, 0.15) is 0 Å². The fourth-order valence-corrected chi connectivity index (χ4v) is 1.78. The molecule has 0 radical (unpaired) electrons. The molecule has 0 saturated carbocycles. The molecule has 0 unspecified atom stereocenters. The summed E-state index contributed by atoms with van der Waals surface area (Å²) in [5.41, 5.74) is 2.47. The lowest BCUT2D eigenvalue weighted by Gasteiger charge is -2.31. The second-order valence-corrected chi connectivity index (χ2v) is 5.51. The van der Waals surface area contributed by atoms with Crippen molar-refractivity contribution in [2.75, 3.05) is 33.4 Å². The molecule has 4 N–H and O–H groups in total. The predicted molar refractivity (Wildman–Crippen MR) is 81.4 cm³/mol. The number of nitrogens with zero attached hydrogens (tertiary/aromatic N) is 1. The number of nitrogens with two attached hydrogens (primary N) is 1. The topological polar surface area (TPSA) is 62.5 Å². The number of rotatable bonds is 6. The number of nitrogens with one attached hydrogen (secondary N) is 2. The molecule has 5 nitrogen and oxygen atoms in total. The number of hydrazine groups is 1. The lowest BCUT2D eigenvalue weighted by Crippen LogP contribution is -2.42. The second kappa shape index (κ2) is 12.3. The maximum Gasteiger partial charge on any atom is 0.0589 e. The van der Waals surface area contributed by atoms with Gasteiger partial charge in [0.05, 0.1) is 6.61 Å². The van der Waals surface area contributed by atoms with Crippen LogP contribution in [-0.2, 0) is 4.74 Å². The summed E-state index contributed by atoms with van der Waals surface area (Å²) in [6.45, 7) is 10.7. The molecule has 114 valence electrons. The summed E-state index contributed by atoms with van der Waals surface area (Å²) in [4.78, 5) is 2.44. The molecule has 0 aromatic heterocycles. The van der Waals surface area contributed by atoms with Crippen molar-refractivity contribution in [3.05, 3.63) is 12.4 Å². The van der Waals surface area contributed by atoms with Gasteiger partial charge in [-0.2, -0.15) is 0 Å². The number of likely N-dealkylation sites (tertiary alicyclic amines) is 1. The van der Waals surface area contributed by atoms with Gasteiger partial charge in [-0.15, -0.1) is 0 Å². The smallest absolute Gasteiger partial charge is 0.0589 e. The van der Waals surface area contributed by atoms with Gasteiger partial charge in [0.25, 0.3) is 0 Å². The minimum Gasteiger partial charge on any atom is -0.387 e. The molecular formula is C14H32N4O. The van der Waals surface area contributed by atoms with E-state index >= 15 is 0 Å². The fraction of sp³-hybridized carbons (Fsp3) is 0.857. The van der Waals surface area contributed by atoms with Gasteiger partial charge in [0, 0.05) is 45.2 Å². The van der Waals surface area contributed by atoms with Crippen molar-refractivity contribution in [3.63, 3.8) is 0 Å². The standard InChI is InChI=1S/C10H22N4O.C4H10/c1-15-9-8-14-6-2-10(3-7-14)12-4-5-13-11;1-4(2)3/h4-5,10,12-13H,2-3,6-9,11H2,1H3;4H,1-3H3/b5-4-;. The van der Waals surface area contributed by atoms with Gasteiger partial charge in [-0.3, -0.25) is 5.84 Å². The third-order valence-corrected chi connectivity index (χ3v) is 2.71. The Morgan fingerprint density at radius 3 is 2.32 bits per heavy atom. The molecule has 1 saturated heterocycles. The maximum atomic E-state index is 5.12. The van der Waals surface area contributed by atoms with E-state index in [0.717, 1.165) is 32.2 Å². The van der Waals surface area contributed by atoms with Crippen molar-refractivity contribution in [2.24, 2.45) is 11.8 Å². The number of ether oxygens (including phenoxy) is 1. The van der Waals surface area contributed by atoms with Crippen LogP contribution in [0, 0.1) is 5.92 Å². The zero-order chi connectivity index (χ0) is 14.5. The van der Waals surface area contributed by atoms with Gasteiger partial charge >= 0.3 is 0 Å². The molecule has 0 atom stereocenters. The van der Waals surface area contributed by atoms with Crippen LogP contribution >= 0.6 is 0 Å². The van der Waals surface area contributed by atoms with E-state index < -0.39 is 0 Å². The first-order chi connectivity index (χ1) is 9.10. The Hall–Kier alpha value is -0.780. The predicted octanol–water partition coefficient (Wildman–Crippen LogP) is 1.28. The molecule has 1 aliphatic heterocycles. The normalized spacial score (nSPS) is 17.4. The summed E-state index contributed by atoms with van der Waals surface area (Å²) in [6, 6.07) is 0.577. The zero-order valence-corrected chi connectivity index (χ0v) is 13.0. The van der Waals surface area contributed by atoms with E-state index in [0.29, 0.717) is 6.04 Å². The summed E-state index contributed by atoms with van der Waals surface area (Å²) in [7, 11) is 1.75. The summed E-state index contributed by atoms with van der Waals surface area (Å²) in [6.07, 6.45) is 5.93. The molecule has 0 aromatic carbocycles. The molecule has 0 bridgehead atoms. The average Bonchev–Trinajstić information content (AvgIpc) is 2.37. The van der Waals surface area contributed by atoms with E-state index in [2.05, 4.69) is 36.4 Å². The molecule has 0 spiro atoms. The Morgan fingerprint density at radius 1 is 1.26 bits per heavy atom. The highest BCUT2D eigenvalue weighted by Crippen LogP contribution is 2.09. The van der Waals surface area contributed by atoms with E-state index in [9.17, 15) is 0 Å². The molecule has 5 heteroatoms. The molecular weight excluding hydrogens is 240 g/mol. The van der Waals surface area contributed by atoms with E-state index in [4.69, 9.17) is 10.6 Å². The van der Waals surface area contributed by atoms with E-state index in [1.54, 1.807) is 13.3 Å². The molecule has 1 rings (SSSR count). The number of methoxy groups -OCH3 is 1. The summed E-state index contributed by atoms with van der Waals surface area (Å²) in [5.74, 6) is 5.96. The fourth-order valence-electron chi connectivity index (χ4n) is 1.78. The third kappa shape index (κ3) is 12.0. The molecule has 1 heterocycles. The summed E-state index contributed by atoms with van der Waals surface area (Å²) >= 11 is 0. The van der Waals surface area contributed by atoms with Crippen molar-refractivity contribution in [2.45, 2.75) is 39.7 Å². The van der Waals surface area contributed by atoms with Gasteiger partial charge in [-0.1, -0.05) is 20.8 Å². The Bertz CT molecular complexity index is 211. The first-order valence-corrected chi connectivity index (χ1v) is 7.18. The Balaban J connectivity index is 0.000000711. The van der Waals surface area contributed by atoms with Crippen LogP contribution < -0.4 is 16.6 Å². The first-order valence-electron chi connectivity index (χ1n) is 7.18. The lowest BCUT2D eigenvalue weighted by atomic mass is 10.1. The van der Waals surface area contributed by atoms with Crippen molar-refractivity contribution >= 4 is 0 Å². The van der Waals surface area contributed by atoms with Gasteiger partial charge in [0.2, 0.25) is 0 Å². The zero-order valence-electron chi connectivity index (χ0n) is 13.0. The van der Waals surface area contributed by atoms with Crippen LogP contribution in [0.4, 0.5) is 0 Å². The highest BCUT2D eigenvalue weighted by atomic mass is 16.5. The lowest BCUT2D eigenvalue weighted by molar-refractivity contribution is 0.128. The Kier molecular flexibility index (Phi) is 11.8. The molecule has 0 amide bonds. The molecule has 1 aliphatic rings. The SMILES string of the molecule is CC(C)C.COCCN1CCC(N/C=C\NN)CC1. The number of hydrogen-bond donors (Lipinski definition) is 3. The van der Waals surface area contributed by atoms with Crippen LogP contribution in [-0.4, -0.2) is 44.3 Å². The van der Waals surface area contributed by atoms with Crippen LogP contribution in [0.1, 0.15) is 33.6 Å². The van der Waals surface area contributed by atoms with Crippen molar-refractivity contribution < 1.29 is 4.74 Å². The van der Waals surface area contributed by atoms with Crippen LogP contribution in [0.15, 0.2) is 12.4 Å². The highest BCUT2D eigenvalue weighted by Gasteiger charge is 2.17. The minimum atomic E-state index is 0.577. The quantitative estimate of drug-likeness (QED) is 0.502. The van der Waals surface area contributed by atoms with Crippen LogP contribution in [0.2, 0.25) is 0 Å². The van der Waals surface area contributed by atoms with Gasteiger partial charge in [-0.25, -0.2) is 0 Å². The van der Waals surface area contributed by atoms with Gasteiger partial charge < -0.3 is 20.4 Å². The van der Waals surface area contributed by atoms with Crippen molar-refractivity contribution in [1.29, 1.82) is 0 Å². The van der Waals surface area contributed by atoms with Gasteiger partial charge in [-0.05, 0) is 18.8 Å². The molecule has 19 heavy (non-hydrogen) atoms. The first kappa shape index (κ1) is 18.2. The largest absolute Gasteiger partial charge is 0.387 e. The molecule has 0 aromatic rings. The van der Waals surface area contributed by atoms with Gasteiger partial charge in [0.15, 0.2) is 0 Å². The average molecular weight is 272 g/mol. The van der Waals surface area contributed by atoms with E-state index in [1.165, 1.54) is 12.8 Å². The summed E-state index contributed by atoms with van der Waals surface area (Å²) < 4.78 is 5.06. The highest BCUT2D eigenvalue weighted by molar-refractivity contribution is 4.84. The Labute approximate surface area is 118 Å². The Morgan fingerprint density at radius 2 is 1.84 bits per heavy atom. The van der Waals surface area contributed by atoms with Crippen LogP contribution in [0.5, 0.6) is 0 Å². The second-order valence-electron chi connectivity index (χ2n) is 5.51. The number of piperidine rings is 1. The maximum absolute atomic E-state index is 5.12.